The van der Waals surface area contributed by atoms with Crippen LogP contribution in [0.15, 0.2) is 36.8 Å². The van der Waals surface area contributed by atoms with Crippen molar-refractivity contribution in [2.75, 3.05) is 0 Å². The van der Waals surface area contributed by atoms with Crippen LogP contribution in [0.25, 0.3) is 17.0 Å². The van der Waals surface area contributed by atoms with Gasteiger partial charge < -0.3 is 4.98 Å². The van der Waals surface area contributed by atoms with Crippen LogP contribution in [0, 0.1) is 0 Å². The number of rotatable bonds is 4. The van der Waals surface area contributed by atoms with Crippen LogP contribution in [0.4, 0.5) is 0 Å². The van der Waals surface area contributed by atoms with Gasteiger partial charge in [0, 0.05) is 35.1 Å². The number of hydrogen-bond acceptors (Lipinski definition) is 5. The number of aromatic amines is 1. The SMILES string of the molecule is O=C(C=Cc1cn(Cc2cc3cnccc3[nH]2)nn1)NO. The molecule has 106 valence electrons. The summed E-state index contributed by atoms with van der Waals surface area (Å²) >= 11 is 0. The van der Waals surface area contributed by atoms with E-state index in [0.29, 0.717) is 12.2 Å². The molecule has 0 unspecified atom stereocenters. The lowest BCUT2D eigenvalue weighted by Crippen LogP contribution is -2.14. The van der Waals surface area contributed by atoms with Gasteiger partial charge in [-0.15, -0.1) is 5.10 Å². The molecule has 0 bridgehead atoms. The Morgan fingerprint density at radius 2 is 2.43 bits per heavy atom. The molecule has 1 amide bonds. The Labute approximate surface area is 119 Å². The van der Waals surface area contributed by atoms with Crippen LogP contribution in [0.5, 0.6) is 0 Å². The number of hydroxylamine groups is 1. The fourth-order valence-electron chi connectivity index (χ4n) is 1.96. The van der Waals surface area contributed by atoms with E-state index >= 15 is 0 Å². The molecular formula is C13H12N6O2. The summed E-state index contributed by atoms with van der Waals surface area (Å²) in [7, 11) is 0. The number of pyridine rings is 1. The number of fused-ring (bicyclic) bond motifs is 1. The molecule has 3 rings (SSSR count). The molecule has 0 radical (unpaired) electrons. The number of H-pyrrole nitrogens is 1. The van der Waals surface area contributed by atoms with Crippen molar-refractivity contribution in [3.8, 4) is 0 Å². The van der Waals surface area contributed by atoms with Crippen LogP contribution in [-0.4, -0.2) is 36.1 Å². The van der Waals surface area contributed by atoms with Gasteiger partial charge in [-0.1, -0.05) is 5.21 Å². The van der Waals surface area contributed by atoms with E-state index in [0.717, 1.165) is 16.6 Å². The summed E-state index contributed by atoms with van der Waals surface area (Å²) in [4.78, 5) is 18.2. The maximum atomic E-state index is 10.9. The summed E-state index contributed by atoms with van der Waals surface area (Å²) in [6.07, 6.45) is 7.85. The monoisotopic (exact) mass is 284 g/mol. The molecule has 0 aliphatic rings. The van der Waals surface area contributed by atoms with Crippen molar-refractivity contribution in [1.82, 2.24) is 30.4 Å². The van der Waals surface area contributed by atoms with Crippen molar-refractivity contribution in [2.24, 2.45) is 0 Å². The summed E-state index contributed by atoms with van der Waals surface area (Å²) in [5, 5.41) is 17.3. The van der Waals surface area contributed by atoms with Gasteiger partial charge in [0.15, 0.2) is 0 Å². The van der Waals surface area contributed by atoms with Crippen LogP contribution in [0.3, 0.4) is 0 Å². The molecule has 21 heavy (non-hydrogen) atoms. The van der Waals surface area contributed by atoms with Gasteiger partial charge in [0.05, 0.1) is 12.7 Å². The Morgan fingerprint density at radius 1 is 1.52 bits per heavy atom. The highest BCUT2D eigenvalue weighted by atomic mass is 16.5. The van der Waals surface area contributed by atoms with Gasteiger partial charge in [-0.25, -0.2) is 10.2 Å². The molecular weight excluding hydrogens is 272 g/mol. The van der Waals surface area contributed by atoms with E-state index in [2.05, 4.69) is 20.3 Å². The van der Waals surface area contributed by atoms with Gasteiger partial charge >= 0.3 is 0 Å². The maximum Gasteiger partial charge on any atom is 0.267 e. The number of nitrogens with one attached hydrogen (secondary N) is 2. The number of aromatic nitrogens is 5. The molecule has 0 fully saturated rings. The predicted molar refractivity (Wildman–Crippen MR) is 74.2 cm³/mol. The second-order valence-corrected chi connectivity index (χ2v) is 4.41. The van der Waals surface area contributed by atoms with Gasteiger partial charge in [0.2, 0.25) is 0 Å². The highest BCUT2D eigenvalue weighted by molar-refractivity contribution is 5.90. The Balaban J connectivity index is 1.74. The minimum Gasteiger partial charge on any atom is -0.357 e. The van der Waals surface area contributed by atoms with Crippen molar-refractivity contribution < 1.29 is 10.0 Å². The van der Waals surface area contributed by atoms with Gasteiger partial charge in [0.25, 0.3) is 5.91 Å². The first-order valence-electron chi connectivity index (χ1n) is 6.18. The molecule has 3 heterocycles. The zero-order valence-electron chi connectivity index (χ0n) is 10.9. The zero-order chi connectivity index (χ0) is 14.7. The molecule has 8 heteroatoms. The minimum atomic E-state index is -0.618. The Morgan fingerprint density at radius 3 is 3.24 bits per heavy atom. The second kappa shape index (κ2) is 5.55. The van der Waals surface area contributed by atoms with E-state index in [1.54, 1.807) is 23.3 Å². The minimum absolute atomic E-state index is 0.524. The van der Waals surface area contributed by atoms with Crippen LogP contribution in [0.2, 0.25) is 0 Å². The highest BCUT2D eigenvalue weighted by Crippen LogP contribution is 2.14. The molecule has 0 aliphatic carbocycles. The fourth-order valence-corrected chi connectivity index (χ4v) is 1.96. The van der Waals surface area contributed by atoms with Crippen LogP contribution in [0.1, 0.15) is 11.4 Å². The molecule has 8 nitrogen and oxygen atoms in total. The van der Waals surface area contributed by atoms with Crippen molar-refractivity contribution in [1.29, 1.82) is 0 Å². The zero-order valence-corrected chi connectivity index (χ0v) is 10.9. The first-order chi connectivity index (χ1) is 10.2. The van der Waals surface area contributed by atoms with Gasteiger partial charge in [-0.3, -0.25) is 15.0 Å². The molecule has 0 aliphatic heterocycles. The van der Waals surface area contributed by atoms with Crippen molar-refractivity contribution in [2.45, 2.75) is 6.54 Å². The lowest BCUT2D eigenvalue weighted by atomic mass is 10.3. The first-order valence-corrected chi connectivity index (χ1v) is 6.18. The van der Waals surface area contributed by atoms with Crippen molar-refractivity contribution in [3.63, 3.8) is 0 Å². The summed E-state index contributed by atoms with van der Waals surface area (Å²) in [5.41, 5.74) is 4.02. The van der Waals surface area contributed by atoms with E-state index in [1.165, 1.54) is 17.6 Å². The molecule has 0 atom stereocenters. The largest absolute Gasteiger partial charge is 0.357 e. The Bertz CT molecular complexity index is 771. The fraction of sp³-hybridized carbons (Fsp3) is 0.0769. The van der Waals surface area contributed by atoms with Crippen LogP contribution >= 0.6 is 0 Å². The third-order valence-electron chi connectivity index (χ3n) is 2.88. The topological polar surface area (TPSA) is 109 Å². The van der Waals surface area contributed by atoms with E-state index in [-0.39, 0.29) is 0 Å². The molecule has 0 aromatic carbocycles. The van der Waals surface area contributed by atoms with Crippen molar-refractivity contribution in [3.05, 3.63) is 48.2 Å². The normalized spacial score (nSPS) is 11.3. The average molecular weight is 284 g/mol. The molecule has 3 aromatic heterocycles. The molecule has 0 saturated carbocycles. The van der Waals surface area contributed by atoms with Crippen LogP contribution < -0.4 is 5.48 Å². The van der Waals surface area contributed by atoms with E-state index in [4.69, 9.17) is 5.21 Å². The number of nitrogens with zero attached hydrogens (tertiary/aromatic N) is 4. The second-order valence-electron chi connectivity index (χ2n) is 4.41. The molecule has 3 aromatic rings. The number of carbonyl (C=O) groups excluding carboxylic acids is 1. The number of carbonyl (C=O) groups is 1. The molecule has 0 spiro atoms. The van der Waals surface area contributed by atoms with Crippen molar-refractivity contribution >= 4 is 22.9 Å². The summed E-state index contributed by atoms with van der Waals surface area (Å²) < 4.78 is 1.65. The molecule has 0 saturated heterocycles. The highest BCUT2D eigenvalue weighted by Gasteiger charge is 2.03. The summed E-state index contributed by atoms with van der Waals surface area (Å²) in [6.45, 7) is 0.529. The van der Waals surface area contributed by atoms with E-state index in [9.17, 15) is 4.79 Å². The van der Waals surface area contributed by atoms with Gasteiger partial charge in [-0.05, 0) is 18.2 Å². The maximum absolute atomic E-state index is 10.9. The Kier molecular flexibility index (Phi) is 3.44. The molecule has 3 N–H and O–H groups in total. The Hall–Kier alpha value is -3.00. The lowest BCUT2D eigenvalue weighted by Gasteiger charge is -1.95. The number of hydrogen-bond donors (Lipinski definition) is 3. The first kappa shape index (κ1) is 13.0. The third kappa shape index (κ3) is 2.95. The van der Waals surface area contributed by atoms with E-state index in [1.807, 2.05) is 12.1 Å². The number of amides is 1. The average Bonchev–Trinajstić information content (AvgIpc) is 3.10. The van der Waals surface area contributed by atoms with E-state index < -0.39 is 5.91 Å². The lowest BCUT2D eigenvalue weighted by molar-refractivity contribution is -0.124. The predicted octanol–water partition coefficient (Wildman–Crippen LogP) is 0.721. The smallest absolute Gasteiger partial charge is 0.267 e. The van der Waals surface area contributed by atoms with Gasteiger partial charge in [-0.2, -0.15) is 0 Å². The van der Waals surface area contributed by atoms with Crippen LogP contribution in [-0.2, 0) is 11.3 Å². The third-order valence-corrected chi connectivity index (χ3v) is 2.88. The quantitative estimate of drug-likeness (QED) is 0.371. The summed E-state index contributed by atoms with van der Waals surface area (Å²) in [5.74, 6) is -0.618. The summed E-state index contributed by atoms with van der Waals surface area (Å²) in [6, 6.07) is 3.90. The van der Waals surface area contributed by atoms with Gasteiger partial charge in [0.1, 0.15) is 5.69 Å². The standard InChI is InChI=1S/C13H12N6O2/c20-13(17-21)2-1-10-7-19(18-16-10)8-11-5-9-6-14-4-3-12(9)15-11/h1-7,15,21H,8H2,(H,17,20).